The molecule has 0 aliphatic carbocycles. The lowest BCUT2D eigenvalue weighted by Crippen LogP contribution is -2.07. The summed E-state index contributed by atoms with van der Waals surface area (Å²) in [6.45, 7) is 3.94. The van der Waals surface area contributed by atoms with Crippen LogP contribution < -0.4 is 5.32 Å². The minimum atomic E-state index is 0.751. The summed E-state index contributed by atoms with van der Waals surface area (Å²) < 4.78 is 1.92. The Balaban J connectivity index is 2.31. The molecule has 1 heterocycles. The maximum Gasteiger partial charge on any atom is 0.164 e. The Morgan fingerprint density at radius 1 is 1.46 bits per heavy atom. The molecule has 1 rings (SSSR count). The largest absolute Gasteiger partial charge is 0.313 e. The van der Waals surface area contributed by atoms with Crippen molar-refractivity contribution < 1.29 is 0 Å². The van der Waals surface area contributed by atoms with Gasteiger partial charge in [0, 0.05) is 6.54 Å². The van der Waals surface area contributed by atoms with Crippen molar-refractivity contribution in [2.75, 3.05) is 7.05 Å². The van der Waals surface area contributed by atoms with Crippen LogP contribution >= 0.6 is 0 Å². The molecule has 0 atom stereocenters. The van der Waals surface area contributed by atoms with Gasteiger partial charge in [0.05, 0.1) is 6.54 Å². The molecule has 0 amide bonds. The Bertz CT molecular complexity index is 231. The SMILES string of the molecule is CCCCCn1cnc(CNC)n1. The number of rotatable bonds is 6. The van der Waals surface area contributed by atoms with E-state index >= 15 is 0 Å². The average Bonchev–Trinajstić information content (AvgIpc) is 2.54. The molecular weight excluding hydrogens is 164 g/mol. The lowest BCUT2D eigenvalue weighted by atomic mass is 10.2. The second kappa shape index (κ2) is 5.70. The molecule has 0 saturated carbocycles. The molecule has 74 valence electrons. The van der Waals surface area contributed by atoms with E-state index in [1.165, 1.54) is 19.3 Å². The predicted molar refractivity (Wildman–Crippen MR) is 52.3 cm³/mol. The number of aryl methyl sites for hydroxylation is 1. The van der Waals surface area contributed by atoms with E-state index in [0.717, 1.165) is 18.9 Å². The van der Waals surface area contributed by atoms with Gasteiger partial charge in [-0.15, -0.1) is 0 Å². The Morgan fingerprint density at radius 3 is 3.00 bits per heavy atom. The molecule has 0 spiro atoms. The molecule has 0 radical (unpaired) electrons. The van der Waals surface area contributed by atoms with Gasteiger partial charge in [0.1, 0.15) is 6.33 Å². The van der Waals surface area contributed by atoms with Crippen molar-refractivity contribution in [2.24, 2.45) is 0 Å². The first kappa shape index (κ1) is 10.2. The summed E-state index contributed by atoms with van der Waals surface area (Å²) in [5.74, 6) is 0.874. The van der Waals surface area contributed by atoms with E-state index in [4.69, 9.17) is 0 Å². The Labute approximate surface area is 79.4 Å². The molecule has 0 aliphatic rings. The minimum absolute atomic E-state index is 0.751. The van der Waals surface area contributed by atoms with Gasteiger partial charge >= 0.3 is 0 Å². The van der Waals surface area contributed by atoms with Crippen molar-refractivity contribution in [3.8, 4) is 0 Å². The molecule has 13 heavy (non-hydrogen) atoms. The number of aromatic nitrogens is 3. The second-order valence-corrected chi connectivity index (χ2v) is 3.16. The van der Waals surface area contributed by atoms with E-state index in [0.29, 0.717) is 0 Å². The van der Waals surface area contributed by atoms with Gasteiger partial charge in [-0.1, -0.05) is 19.8 Å². The summed E-state index contributed by atoms with van der Waals surface area (Å²) in [6.07, 6.45) is 5.51. The lowest BCUT2D eigenvalue weighted by Gasteiger charge is -1.97. The summed E-state index contributed by atoms with van der Waals surface area (Å²) in [7, 11) is 1.90. The van der Waals surface area contributed by atoms with Gasteiger partial charge in [0.25, 0.3) is 0 Å². The fourth-order valence-electron chi connectivity index (χ4n) is 1.20. The lowest BCUT2D eigenvalue weighted by molar-refractivity contribution is 0.545. The first-order valence-corrected chi connectivity index (χ1v) is 4.89. The van der Waals surface area contributed by atoms with Gasteiger partial charge in [0.2, 0.25) is 0 Å². The molecule has 1 N–H and O–H groups in total. The average molecular weight is 182 g/mol. The third kappa shape index (κ3) is 3.55. The molecule has 0 aromatic carbocycles. The zero-order chi connectivity index (χ0) is 9.52. The molecule has 0 bridgehead atoms. The fraction of sp³-hybridized carbons (Fsp3) is 0.778. The number of hydrogen-bond donors (Lipinski definition) is 1. The van der Waals surface area contributed by atoms with Crippen molar-refractivity contribution in [2.45, 2.75) is 39.3 Å². The molecule has 4 nitrogen and oxygen atoms in total. The highest BCUT2D eigenvalue weighted by Gasteiger charge is 1.97. The molecule has 0 unspecified atom stereocenters. The third-order valence-electron chi connectivity index (χ3n) is 1.91. The molecule has 4 heteroatoms. The Morgan fingerprint density at radius 2 is 2.31 bits per heavy atom. The van der Waals surface area contributed by atoms with Crippen LogP contribution in [0.25, 0.3) is 0 Å². The molecule has 1 aromatic rings. The Kier molecular flexibility index (Phi) is 4.46. The molecule has 1 aromatic heterocycles. The maximum absolute atomic E-state index is 4.31. The summed E-state index contributed by atoms with van der Waals surface area (Å²) in [4.78, 5) is 4.17. The molecular formula is C9H18N4. The first-order valence-electron chi connectivity index (χ1n) is 4.89. The highest BCUT2D eigenvalue weighted by molar-refractivity contribution is 4.79. The van der Waals surface area contributed by atoms with E-state index in [1.54, 1.807) is 0 Å². The zero-order valence-electron chi connectivity index (χ0n) is 8.45. The van der Waals surface area contributed by atoms with Crippen LogP contribution in [0.3, 0.4) is 0 Å². The topological polar surface area (TPSA) is 42.7 Å². The number of nitrogens with one attached hydrogen (secondary N) is 1. The van der Waals surface area contributed by atoms with E-state index < -0.39 is 0 Å². The summed E-state index contributed by atoms with van der Waals surface area (Å²) in [6, 6.07) is 0. The van der Waals surface area contributed by atoms with Crippen molar-refractivity contribution in [3.05, 3.63) is 12.2 Å². The van der Waals surface area contributed by atoms with Crippen LogP contribution in [0.5, 0.6) is 0 Å². The number of hydrogen-bond acceptors (Lipinski definition) is 3. The fourth-order valence-corrected chi connectivity index (χ4v) is 1.20. The predicted octanol–water partition coefficient (Wildman–Crippen LogP) is 1.19. The van der Waals surface area contributed by atoms with Crippen LogP contribution in [-0.4, -0.2) is 21.8 Å². The maximum atomic E-state index is 4.31. The highest BCUT2D eigenvalue weighted by atomic mass is 15.3. The molecule has 0 aliphatic heterocycles. The van der Waals surface area contributed by atoms with Crippen LogP contribution in [0.4, 0.5) is 0 Å². The second-order valence-electron chi connectivity index (χ2n) is 3.16. The van der Waals surface area contributed by atoms with Crippen LogP contribution in [0.1, 0.15) is 32.0 Å². The third-order valence-corrected chi connectivity index (χ3v) is 1.91. The molecule has 0 saturated heterocycles. The van der Waals surface area contributed by atoms with Crippen LogP contribution in [-0.2, 0) is 13.1 Å². The van der Waals surface area contributed by atoms with E-state index in [-0.39, 0.29) is 0 Å². The van der Waals surface area contributed by atoms with Gasteiger partial charge in [-0.2, -0.15) is 5.10 Å². The summed E-state index contributed by atoms with van der Waals surface area (Å²) >= 11 is 0. The van der Waals surface area contributed by atoms with E-state index in [9.17, 15) is 0 Å². The van der Waals surface area contributed by atoms with E-state index in [2.05, 4.69) is 22.3 Å². The van der Waals surface area contributed by atoms with Crippen molar-refractivity contribution in [1.29, 1.82) is 0 Å². The van der Waals surface area contributed by atoms with Crippen molar-refractivity contribution >= 4 is 0 Å². The van der Waals surface area contributed by atoms with Crippen LogP contribution in [0, 0.1) is 0 Å². The van der Waals surface area contributed by atoms with Gasteiger partial charge < -0.3 is 5.32 Å². The monoisotopic (exact) mass is 182 g/mol. The van der Waals surface area contributed by atoms with Gasteiger partial charge in [0.15, 0.2) is 5.82 Å². The smallest absolute Gasteiger partial charge is 0.164 e. The minimum Gasteiger partial charge on any atom is -0.313 e. The normalized spacial score (nSPS) is 10.6. The quantitative estimate of drug-likeness (QED) is 0.672. The van der Waals surface area contributed by atoms with Gasteiger partial charge in [-0.05, 0) is 13.5 Å². The molecule has 0 fully saturated rings. The summed E-state index contributed by atoms with van der Waals surface area (Å²) in [5, 5.41) is 7.34. The van der Waals surface area contributed by atoms with Gasteiger partial charge in [-0.25, -0.2) is 4.98 Å². The first-order chi connectivity index (χ1) is 6.36. The Hall–Kier alpha value is -0.900. The zero-order valence-corrected chi connectivity index (χ0v) is 8.45. The van der Waals surface area contributed by atoms with Crippen molar-refractivity contribution in [1.82, 2.24) is 20.1 Å². The highest BCUT2D eigenvalue weighted by Crippen LogP contribution is 1.97. The van der Waals surface area contributed by atoms with E-state index in [1.807, 2.05) is 18.1 Å². The summed E-state index contributed by atoms with van der Waals surface area (Å²) in [5.41, 5.74) is 0. The van der Waals surface area contributed by atoms with Crippen molar-refractivity contribution in [3.63, 3.8) is 0 Å². The number of unbranched alkanes of at least 4 members (excludes halogenated alkanes) is 2. The number of nitrogens with zero attached hydrogens (tertiary/aromatic N) is 3. The van der Waals surface area contributed by atoms with Crippen LogP contribution in [0.2, 0.25) is 0 Å². The standard InChI is InChI=1S/C9H18N4/c1-3-4-5-6-13-8-11-9(12-13)7-10-2/h8,10H,3-7H2,1-2H3. The van der Waals surface area contributed by atoms with Gasteiger partial charge in [-0.3, -0.25) is 4.68 Å². The van der Waals surface area contributed by atoms with Crippen LogP contribution in [0.15, 0.2) is 6.33 Å².